The van der Waals surface area contributed by atoms with Gasteiger partial charge >= 0.3 is 11.9 Å². The van der Waals surface area contributed by atoms with E-state index in [1.807, 2.05) is 24.3 Å². The minimum atomic E-state index is -1.22. The number of aliphatic carboxylic acids is 1. The quantitative estimate of drug-likeness (QED) is 0.170. The molecule has 9 nitrogen and oxygen atoms in total. The normalized spacial score (nSPS) is 11.8. The maximum Gasteiger partial charge on any atom is 0.358 e. The highest BCUT2D eigenvalue weighted by molar-refractivity contribution is 6.76. The van der Waals surface area contributed by atoms with Crippen molar-refractivity contribution in [2.75, 3.05) is 19.8 Å². The van der Waals surface area contributed by atoms with E-state index in [1.165, 1.54) is 0 Å². The molecule has 0 radical (unpaired) electrons. The molecule has 0 saturated heterocycles. The Kier molecular flexibility index (Phi) is 9.45. The fourth-order valence-electron chi connectivity index (χ4n) is 3.33. The third-order valence-corrected chi connectivity index (χ3v) is 7.54. The molecule has 38 heavy (non-hydrogen) atoms. The van der Waals surface area contributed by atoms with Crippen LogP contribution < -0.4 is 4.74 Å². The number of rotatable bonds is 13. The molecule has 0 saturated carbocycles. The topological polar surface area (TPSA) is 113 Å². The van der Waals surface area contributed by atoms with Crippen LogP contribution in [0.25, 0.3) is 22.6 Å². The van der Waals surface area contributed by atoms with Crippen molar-refractivity contribution < 1.29 is 28.9 Å². The Hall–Kier alpha value is -3.50. The third-order valence-electron chi connectivity index (χ3n) is 5.84. The van der Waals surface area contributed by atoms with Crippen molar-refractivity contribution in [1.29, 1.82) is 0 Å². The van der Waals surface area contributed by atoms with Crippen molar-refractivity contribution in [2.24, 2.45) is 5.41 Å². The molecule has 3 rings (SSSR count). The lowest BCUT2D eigenvalue weighted by molar-refractivity contribution is -0.148. The summed E-state index contributed by atoms with van der Waals surface area (Å²) in [6.45, 7) is 13.1. The number of carboxylic acid groups (broad SMARTS) is 1. The molecular weight excluding hydrogens is 502 g/mol. The number of esters is 1. The van der Waals surface area contributed by atoms with E-state index in [0.717, 1.165) is 22.9 Å². The number of benzene rings is 1. The molecule has 3 aromatic rings. The molecule has 1 N–H and O–H groups in total. The van der Waals surface area contributed by atoms with Gasteiger partial charge in [-0.1, -0.05) is 19.6 Å². The molecule has 1 aromatic carbocycles. The fourth-order valence-corrected chi connectivity index (χ4v) is 4.09. The molecule has 0 aliphatic carbocycles. The average molecular weight is 540 g/mol. The van der Waals surface area contributed by atoms with Gasteiger partial charge in [0.25, 0.3) is 0 Å². The van der Waals surface area contributed by atoms with Gasteiger partial charge in [0.1, 0.15) is 24.9 Å². The van der Waals surface area contributed by atoms with E-state index in [-0.39, 0.29) is 25.6 Å². The lowest BCUT2D eigenvalue weighted by Gasteiger charge is -2.19. The number of pyridine rings is 1. The summed E-state index contributed by atoms with van der Waals surface area (Å²) in [5, 5.41) is 9.25. The second-order valence-electron chi connectivity index (χ2n) is 10.9. The highest BCUT2D eigenvalue weighted by atomic mass is 28.3. The van der Waals surface area contributed by atoms with Crippen LogP contribution in [0.4, 0.5) is 0 Å². The first-order chi connectivity index (χ1) is 17.9. The lowest BCUT2D eigenvalue weighted by Crippen LogP contribution is -2.30. The SMILES string of the molecule is CCOC(=O)c1cn(COCC[Si](C)(C)C)c(-c2ccc(-c3ccc(OCC(C)(C)C(=O)O)cc3)nc2)n1. The summed E-state index contributed by atoms with van der Waals surface area (Å²) in [5.74, 6) is -0.230. The van der Waals surface area contributed by atoms with Gasteiger partial charge in [-0.3, -0.25) is 9.78 Å². The van der Waals surface area contributed by atoms with E-state index in [1.54, 1.807) is 49.9 Å². The van der Waals surface area contributed by atoms with Crippen LogP contribution in [0.15, 0.2) is 48.8 Å². The van der Waals surface area contributed by atoms with Crippen molar-refractivity contribution >= 4 is 20.0 Å². The zero-order valence-electron chi connectivity index (χ0n) is 23.0. The van der Waals surface area contributed by atoms with Gasteiger partial charge in [0.2, 0.25) is 0 Å². The van der Waals surface area contributed by atoms with E-state index < -0.39 is 25.4 Å². The second kappa shape index (κ2) is 12.4. The van der Waals surface area contributed by atoms with E-state index >= 15 is 0 Å². The first-order valence-corrected chi connectivity index (χ1v) is 16.4. The van der Waals surface area contributed by atoms with Crippen LogP contribution in [-0.4, -0.2) is 59.5 Å². The van der Waals surface area contributed by atoms with Gasteiger partial charge < -0.3 is 23.9 Å². The Morgan fingerprint density at radius 1 is 1.05 bits per heavy atom. The molecule has 0 unspecified atom stereocenters. The number of carbonyl (C=O) groups excluding carboxylic acids is 1. The first-order valence-electron chi connectivity index (χ1n) is 12.6. The Bertz CT molecular complexity index is 1230. The molecule has 0 aliphatic rings. The van der Waals surface area contributed by atoms with Crippen LogP contribution in [0.1, 0.15) is 31.3 Å². The summed E-state index contributed by atoms with van der Waals surface area (Å²) in [7, 11) is -1.22. The Morgan fingerprint density at radius 3 is 2.32 bits per heavy atom. The van der Waals surface area contributed by atoms with E-state index in [9.17, 15) is 14.7 Å². The first kappa shape index (κ1) is 29.1. The monoisotopic (exact) mass is 539 g/mol. The standard InChI is InChI=1S/C28H37N3O6Si/c1-7-36-26(32)24-17-31(19-35-14-15-38(4,5)6)25(30-24)21-10-13-23(29-16-21)20-8-11-22(12-9-20)37-18-28(2,3)27(33)34/h8-13,16-17H,7,14-15,18-19H2,1-6H3,(H,33,34). The van der Waals surface area contributed by atoms with Gasteiger partial charge in [0.15, 0.2) is 5.69 Å². The largest absolute Gasteiger partial charge is 0.492 e. The molecule has 2 heterocycles. The summed E-state index contributed by atoms with van der Waals surface area (Å²) in [6.07, 6.45) is 3.37. The lowest BCUT2D eigenvalue weighted by atomic mass is 9.95. The smallest absolute Gasteiger partial charge is 0.358 e. The number of aromatic nitrogens is 3. The summed E-state index contributed by atoms with van der Waals surface area (Å²) in [6, 6.07) is 12.2. The van der Waals surface area contributed by atoms with Gasteiger partial charge in [-0.05, 0) is 63.2 Å². The van der Waals surface area contributed by atoms with Crippen LogP contribution in [0.5, 0.6) is 5.75 Å². The van der Waals surface area contributed by atoms with Gasteiger partial charge in [-0.15, -0.1) is 0 Å². The molecule has 0 bridgehead atoms. The minimum absolute atomic E-state index is 0.0664. The highest BCUT2D eigenvalue weighted by Crippen LogP contribution is 2.26. The predicted molar refractivity (Wildman–Crippen MR) is 148 cm³/mol. The summed E-state index contributed by atoms with van der Waals surface area (Å²) in [5.41, 5.74) is 1.62. The van der Waals surface area contributed by atoms with Crippen molar-refractivity contribution in [3.8, 4) is 28.4 Å². The van der Waals surface area contributed by atoms with Gasteiger partial charge in [-0.2, -0.15) is 0 Å². The summed E-state index contributed by atoms with van der Waals surface area (Å²) < 4.78 is 18.5. The molecule has 0 atom stereocenters. The Balaban J connectivity index is 1.75. The molecule has 10 heteroatoms. The third kappa shape index (κ3) is 8.00. The molecule has 0 aliphatic heterocycles. The zero-order valence-corrected chi connectivity index (χ0v) is 24.0. The van der Waals surface area contributed by atoms with Crippen LogP contribution >= 0.6 is 0 Å². The fraction of sp³-hybridized carbons (Fsp3) is 0.429. The molecule has 2 aromatic heterocycles. The maximum atomic E-state index is 12.3. The molecule has 204 valence electrons. The van der Waals surface area contributed by atoms with Gasteiger partial charge in [0, 0.05) is 38.2 Å². The maximum absolute atomic E-state index is 12.3. The predicted octanol–water partition coefficient (Wildman–Crippen LogP) is 5.59. The van der Waals surface area contributed by atoms with Crippen molar-refractivity contribution in [3.05, 3.63) is 54.5 Å². The number of nitrogens with zero attached hydrogens (tertiary/aromatic N) is 3. The van der Waals surface area contributed by atoms with Crippen molar-refractivity contribution in [1.82, 2.24) is 14.5 Å². The average Bonchev–Trinajstić information content (AvgIpc) is 3.30. The van der Waals surface area contributed by atoms with E-state index in [4.69, 9.17) is 14.2 Å². The van der Waals surface area contributed by atoms with Gasteiger partial charge in [-0.25, -0.2) is 9.78 Å². The Labute approximate surface area is 224 Å². The number of hydrogen-bond acceptors (Lipinski definition) is 7. The van der Waals surface area contributed by atoms with Crippen LogP contribution in [0, 0.1) is 5.41 Å². The number of imidazole rings is 1. The molecular formula is C28H37N3O6Si. The number of ether oxygens (including phenoxy) is 3. The minimum Gasteiger partial charge on any atom is -0.492 e. The number of carboxylic acids is 1. The van der Waals surface area contributed by atoms with E-state index in [2.05, 4.69) is 29.6 Å². The second-order valence-corrected chi connectivity index (χ2v) is 16.5. The van der Waals surface area contributed by atoms with E-state index in [0.29, 0.717) is 18.2 Å². The number of hydrogen-bond donors (Lipinski definition) is 1. The number of carbonyl (C=O) groups is 2. The zero-order chi connectivity index (χ0) is 27.9. The molecule has 0 fully saturated rings. The van der Waals surface area contributed by atoms with Crippen LogP contribution in [0.3, 0.4) is 0 Å². The highest BCUT2D eigenvalue weighted by Gasteiger charge is 2.28. The molecule has 0 spiro atoms. The molecule has 0 amide bonds. The Morgan fingerprint density at radius 2 is 1.74 bits per heavy atom. The van der Waals surface area contributed by atoms with Crippen LogP contribution in [0.2, 0.25) is 25.7 Å². The summed E-state index contributed by atoms with van der Waals surface area (Å²) >= 11 is 0. The van der Waals surface area contributed by atoms with Gasteiger partial charge in [0.05, 0.1) is 17.7 Å². The summed E-state index contributed by atoms with van der Waals surface area (Å²) in [4.78, 5) is 32.7. The van der Waals surface area contributed by atoms with Crippen molar-refractivity contribution in [3.63, 3.8) is 0 Å². The van der Waals surface area contributed by atoms with Crippen molar-refractivity contribution in [2.45, 2.75) is 53.2 Å². The van der Waals surface area contributed by atoms with Crippen LogP contribution in [-0.2, 0) is 21.0 Å².